The van der Waals surface area contributed by atoms with Gasteiger partial charge in [0.25, 0.3) is 0 Å². The van der Waals surface area contributed by atoms with Gasteiger partial charge >= 0.3 is 5.97 Å². The molecule has 0 aromatic heterocycles. The number of hydrogen-bond acceptors (Lipinski definition) is 4. The molecule has 1 N–H and O–H groups in total. The average molecular weight is 375 g/mol. The molecule has 0 aliphatic carbocycles. The van der Waals surface area contributed by atoms with Gasteiger partial charge in [-0.1, -0.05) is 30.7 Å². The Morgan fingerprint density at radius 1 is 1.21 bits per heavy atom. The number of piperidine rings is 1. The van der Waals surface area contributed by atoms with Gasteiger partial charge in [0.15, 0.2) is 0 Å². The monoisotopic (exact) mass is 374 g/mol. The van der Waals surface area contributed by atoms with Crippen molar-refractivity contribution in [2.75, 3.05) is 26.2 Å². The van der Waals surface area contributed by atoms with Crippen molar-refractivity contribution >= 4 is 23.3 Å². The number of aliphatic imine (C=N–C) groups is 1. The Kier molecular flexibility index (Phi) is 8.65. The molecule has 6 nitrogen and oxygen atoms in total. The molecule has 0 spiro atoms. The number of carboxylic acid groups (broad SMARTS) is 1. The summed E-state index contributed by atoms with van der Waals surface area (Å²) in [4.78, 5) is 28.9. The van der Waals surface area contributed by atoms with Crippen LogP contribution in [0.4, 0.5) is 5.69 Å². The van der Waals surface area contributed by atoms with Crippen LogP contribution in [0, 0.1) is 0 Å². The molecule has 1 heterocycles. The molecule has 1 aromatic rings. The summed E-state index contributed by atoms with van der Waals surface area (Å²) in [7, 11) is 0. The summed E-state index contributed by atoms with van der Waals surface area (Å²) in [6, 6.07) is 7.18. The molecule has 24 heavy (non-hydrogen) atoms. The van der Waals surface area contributed by atoms with Gasteiger partial charge in [0.2, 0.25) is 0 Å². The third-order valence-electron chi connectivity index (χ3n) is 3.80. The molecule has 0 atom stereocenters. The maximum absolute atomic E-state index is 12.2. The number of likely N-dealkylation sites (tertiary alicyclic amines) is 1. The summed E-state index contributed by atoms with van der Waals surface area (Å²) in [5.74, 6) is -1.16. The van der Waals surface area contributed by atoms with Crippen molar-refractivity contribution in [1.29, 1.82) is 0 Å². The molecule has 7 heteroatoms. The predicted molar refractivity (Wildman–Crippen MR) is 89.5 cm³/mol. The van der Waals surface area contributed by atoms with Gasteiger partial charge in [-0.3, -0.25) is 14.7 Å². The maximum atomic E-state index is 12.2. The molecule has 1 aromatic carbocycles. The smallest absolute Gasteiger partial charge is 0.325 e. The van der Waals surface area contributed by atoms with Crippen LogP contribution in [0.25, 0.3) is 5.32 Å². The van der Waals surface area contributed by atoms with Crippen LogP contribution in [-0.4, -0.2) is 53.8 Å². The van der Waals surface area contributed by atoms with E-state index in [1.807, 2.05) is 6.07 Å². The Morgan fingerprint density at radius 2 is 1.88 bits per heavy atom. The quantitative estimate of drug-likeness (QED) is 0.612. The van der Waals surface area contributed by atoms with E-state index in [0.29, 0.717) is 23.5 Å². The molecule has 1 fully saturated rings. The van der Waals surface area contributed by atoms with Gasteiger partial charge in [-0.25, -0.2) is 0 Å². The second kappa shape index (κ2) is 10.2. The summed E-state index contributed by atoms with van der Waals surface area (Å²) in [6.07, 6.45) is 3.49. The number of carbonyl (C=O) groups is 2. The standard InChI is InChI=1S/C17H23N3O3.Ni/c1-13(18-11-17(22)23)14-7-3-4-8-15(14)19-16(21)12-20-9-5-2-6-10-20;/h3-4,7-8H,2,5-6,9-12H2,1H3,(H2,18,19,21,22,23);/p-1. The summed E-state index contributed by atoms with van der Waals surface area (Å²) in [5, 5.41) is 12.9. The van der Waals surface area contributed by atoms with E-state index in [-0.39, 0.29) is 28.9 Å². The number of amides is 1. The third kappa shape index (κ3) is 6.42. The van der Waals surface area contributed by atoms with E-state index >= 15 is 0 Å². The van der Waals surface area contributed by atoms with Gasteiger partial charge in [0.1, 0.15) is 6.54 Å². The van der Waals surface area contributed by atoms with Gasteiger partial charge in [-0.15, -0.1) is 5.69 Å². The normalized spacial score (nSPS) is 15.5. The maximum Gasteiger partial charge on any atom is 0.325 e. The Hall–Kier alpha value is -1.72. The van der Waals surface area contributed by atoms with Gasteiger partial charge in [-0.05, 0) is 38.4 Å². The van der Waals surface area contributed by atoms with Crippen molar-refractivity contribution in [1.82, 2.24) is 4.90 Å². The van der Waals surface area contributed by atoms with E-state index in [9.17, 15) is 9.59 Å². The molecule has 1 amide bonds. The second-order valence-electron chi connectivity index (χ2n) is 5.65. The number of aliphatic carboxylic acids is 1. The van der Waals surface area contributed by atoms with Crippen molar-refractivity contribution < 1.29 is 31.2 Å². The van der Waals surface area contributed by atoms with Crippen LogP contribution in [0.1, 0.15) is 31.7 Å². The Labute approximate surface area is 152 Å². The Bertz CT molecular complexity index is 598. The largest absolute Gasteiger partial charge is 0.625 e. The average Bonchev–Trinajstić information content (AvgIpc) is 2.54. The summed E-state index contributed by atoms with van der Waals surface area (Å²) < 4.78 is 0. The van der Waals surface area contributed by atoms with Crippen LogP contribution >= 0.6 is 0 Å². The molecule has 0 radical (unpaired) electrons. The Morgan fingerprint density at radius 3 is 2.54 bits per heavy atom. The fraction of sp³-hybridized carbons (Fsp3) is 0.471. The van der Waals surface area contributed by atoms with Gasteiger partial charge in [0.05, 0.1) is 5.91 Å². The first kappa shape index (κ1) is 20.3. The summed E-state index contributed by atoms with van der Waals surface area (Å²) in [5.41, 5.74) is 1.81. The van der Waals surface area contributed by atoms with E-state index in [1.165, 1.54) is 6.42 Å². The van der Waals surface area contributed by atoms with Gasteiger partial charge in [0, 0.05) is 28.7 Å². The third-order valence-corrected chi connectivity index (χ3v) is 3.80. The van der Waals surface area contributed by atoms with E-state index in [0.717, 1.165) is 25.9 Å². The number of para-hydroxylation sites is 1. The van der Waals surface area contributed by atoms with Crippen molar-refractivity contribution in [3.8, 4) is 0 Å². The van der Waals surface area contributed by atoms with Crippen molar-refractivity contribution in [2.24, 2.45) is 4.99 Å². The van der Waals surface area contributed by atoms with E-state index < -0.39 is 5.97 Å². The summed E-state index contributed by atoms with van der Waals surface area (Å²) >= 11 is 0. The van der Waals surface area contributed by atoms with Crippen LogP contribution < -0.4 is 0 Å². The molecule has 1 aliphatic heterocycles. The second-order valence-corrected chi connectivity index (χ2v) is 5.65. The van der Waals surface area contributed by atoms with E-state index in [1.54, 1.807) is 25.1 Å². The molecule has 0 bridgehead atoms. The molecule has 0 saturated carbocycles. The molecule has 0 unspecified atom stereocenters. The minimum absolute atomic E-state index is 0. The molecule has 1 saturated heterocycles. The molecule has 134 valence electrons. The zero-order chi connectivity index (χ0) is 16.7. The van der Waals surface area contributed by atoms with Gasteiger partial charge in [-0.2, -0.15) is 0 Å². The van der Waals surface area contributed by atoms with Crippen LogP contribution in [0.15, 0.2) is 29.3 Å². The minimum Gasteiger partial charge on any atom is -0.625 e. The number of carbonyl (C=O) groups excluding carboxylic acids is 1. The fourth-order valence-electron chi connectivity index (χ4n) is 2.63. The van der Waals surface area contributed by atoms with Gasteiger partial charge < -0.3 is 15.2 Å². The van der Waals surface area contributed by atoms with Crippen molar-refractivity contribution in [2.45, 2.75) is 26.2 Å². The SMILES string of the molecule is CC(=NCC(=O)O)c1ccccc1[N-]C(=O)CN1CCCCC1.[Ni]. The van der Waals surface area contributed by atoms with E-state index in [4.69, 9.17) is 5.11 Å². The zero-order valence-corrected chi connectivity index (χ0v) is 14.7. The van der Waals surface area contributed by atoms with Crippen LogP contribution in [0.3, 0.4) is 0 Å². The number of rotatable bonds is 6. The predicted octanol–water partition coefficient (Wildman–Crippen LogP) is 2.60. The zero-order valence-electron chi connectivity index (χ0n) is 13.7. The first-order valence-electron chi connectivity index (χ1n) is 7.85. The first-order chi connectivity index (χ1) is 11.1. The number of carboxylic acids is 1. The topological polar surface area (TPSA) is 84.1 Å². The first-order valence-corrected chi connectivity index (χ1v) is 7.85. The van der Waals surface area contributed by atoms with Crippen LogP contribution in [0.5, 0.6) is 0 Å². The number of nitrogens with zero attached hydrogens (tertiary/aromatic N) is 3. The minimum atomic E-state index is -0.986. The Balaban J connectivity index is 0.00000288. The molecule has 2 rings (SSSR count). The van der Waals surface area contributed by atoms with Crippen molar-refractivity contribution in [3.63, 3.8) is 0 Å². The van der Waals surface area contributed by atoms with Crippen LogP contribution in [0.2, 0.25) is 0 Å². The number of hydrogen-bond donors (Lipinski definition) is 1. The fourth-order valence-corrected chi connectivity index (χ4v) is 2.63. The van der Waals surface area contributed by atoms with Crippen molar-refractivity contribution in [3.05, 3.63) is 35.1 Å². The number of benzene rings is 1. The molecular formula is C17H22N3NiO3-. The molecule has 1 aliphatic rings. The summed E-state index contributed by atoms with van der Waals surface area (Å²) in [6.45, 7) is 3.66. The van der Waals surface area contributed by atoms with E-state index in [2.05, 4.69) is 15.2 Å². The van der Waals surface area contributed by atoms with Crippen LogP contribution in [-0.2, 0) is 26.1 Å². The molecular weight excluding hydrogens is 353 g/mol.